The Morgan fingerprint density at radius 3 is 2.54 bits per heavy atom. The number of carbonyl (C=O) groups excluding carboxylic acids is 2. The Morgan fingerprint density at radius 1 is 1.12 bits per heavy atom. The fourth-order valence-electron chi connectivity index (χ4n) is 2.14. The zero-order valence-corrected chi connectivity index (χ0v) is 14.0. The predicted molar refractivity (Wildman–Crippen MR) is 93.8 cm³/mol. The van der Waals surface area contributed by atoms with Crippen molar-refractivity contribution in [2.75, 3.05) is 11.9 Å². The molecular formula is C18H19ClN2O3. The van der Waals surface area contributed by atoms with Crippen LogP contribution in [0.2, 0.25) is 5.02 Å². The third kappa shape index (κ3) is 4.81. The van der Waals surface area contributed by atoms with Crippen LogP contribution in [-0.4, -0.2) is 23.5 Å². The van der Waals surface area contributed by atoms with E-state index in [2.05, 4.69) is 10.6 Å². The molecule has 1 atom stereocenters. The number of aliphatic hydroxyl groups excluding tert-OH is 1. The topological polar surface area (TPSA) is 78.4 Å². The van der Waals surface area contributed by atoms with E-state index in [1.165, 1.54) is 0 Å². The fraction of sp³-hybridized carbons (Fsp3) is 0.222. The number of anilines is 1. The first-order valence-corrected chi connectivity index (χ1v) is 7.92. The average Bonchev–Trinajstić information content (AvgIpc) is 2.59. The highest BCUT2D eigenvalue weighted by molar-refractivity contribution is 6.31. The van der Waals surface area contributed by atoms with Crippen LogP contribution in [0.15, 0.2) is 48.5 Å². The maximum absolute atomic E-state index is 11.9. The normalized spacial score (nSPS) is 11.6. The van der Waals surface area contributed by atoms with Gasteiger partial charge in [0.1, 0.15) is 0 Å². The van der Waals surface area contributed by atoms with Crippen LogP contribution in [0.3, 0.4) is 0 Å². The molecule has 0 fully saturated rings. The summed E-state index contributed by atoms with van der Waals surface area (Å²) in [5.41, 5.74) is 1.94. The number of benzene rings is 2. The maximum Gasteiger partial charge on any atom is 0.253 e. The van der Waals surface area contributed by atoms with E-state index < -0.39 is 12.0 Å². The molecule has 2 amide bonds. The standard InChI is InChI=1S/C18H19ClN2O3/c1-12-14(19)8-5-9-15(12)21-16(22)10-11-20-18(24)17(23)13-6-3-2-4-7-13/h2-9,17,23H,10-11H2,1H3,(H,20,24)(H,21,22). The number of halogens is 1. The molecule has 0 heterocycles. The van der Waals surface area contributed by atoms with Crippen LogP contribution in [0, 0.1) is 6.92 Å². The Morgan fingerprint density at radius 2 is 1.83 bits per heavy atom. The van der Waals surface area contributed by atoms with Gasteiger partial charge in [0.05, 0.1) is 0 Å². The van der Waals surface area contributed by atoms with Crippen molar-refractivity contribution in [2.45, 2.75) is 19.4 Å². The highest BCUT2D eigenvalue weighted by Crippen LogP contribution is 2.22. The van der Waals surface area contributed by atoms with E-state index in [0.29, 0.717) is 16.3 Å². The minimum absolute atomic E-state index is 0.0964. The van der Waals surface area contributed by atoms with Gasteiger partial charge in [-0.2, -0.15) is 0 Å². The Labute approximate surface area is 145 Å². The molecule has 2 aromatic carbocycles. The lowest BCUT2D eigenvalue weighted by Crippen LogP contribution is -2.32. The van der Waals surface area contributed by atoms with Gasteiger partial charge in [-0.15, -0.1) is 0 Å². The Balaban J connectivity index is 1.80. The van der Waals surface area contributed by atoms with Crippen molar-refractivity contribution in [1.82, 2.24) is 5.32 Å². The van der Waals surface area contributed by atoms with E-state index in [-0.39, 0.29) is 18.9 Å². The molecular weight excluding hydrogens is 328 g/mol. The van der Waals surface area contributed by atoms with Crippen molar-refractivity contribution in [2.24, 2.45) is 0 Å². The summed E-state index contributed by atoms with van der Waals surface area (Å²) in [6.45, 7) is 1.95. The Bertz CT molecular complexity index is 719. The number of carbonyl (C=O) groups is 2. The number of aliphatic hydroxyl groups is 1. The molecule has 0 spiro atoms. The lowest BCUT2D eigenvalue weighted by molar-refractivity contribution is -0.129. The molecule has 0 radical (unpaired) electrons. The van der Waals surface area contributed by atoms with E-state index in [4.69, 9.17) is 11.6 Å². The van der Waals surface area contributed by atoms with Gasteiger partial charge in [0, 0.05) is 23.7 Å². The molecule has 24 heavy (non-hydrogen) atoms. The molecule has 5 nitrogen and oxygen atoms in total. The maximum atomic E-state index is 11.9. The van der Waals surface area contributed by atoms with Crippen LogP contribution in [0.25, 0.3) is 0 Å². The molecule has 0 aliphatic heterocycles. The summed E-state index contributed by atoms with van der Waals surface area (Å²) in [4.78, 5) is 23.8. The summed E-state index contributed by atoms with van der Waals surface area (Å²) in [6, 6.07) is 13.9. The van der Waals surface area contributed by atoms with Crippen LogP contribution >= 0.6 is 11.6 Å². The molecule has 0 saturated heterocycles. The fourth-order valence-corrected chi connectivity index (χ4v) is 2.31. The minimum atomic E-state index is -1.25. The van der Waals surface area contributed by atoms with Crippen molar-refractivity contribution in [1.29, 1.82) is 0 Å². The van der Waals surface area contributed by atoms with Crippen LogP contribution in [0.1, 0.15) is 23.7 Å². The van der Waals surface area contributed by atoms with Gasteiger partial charge in [0.2, 0.25) is 5.91 Å². The van der Waals surface area contributed by atoms with Crippen molar-refractivity contribution in [3.05, 3.63) is 64.7 Å². The zero-order valence-electron chi connectivity index (χ0n) is 13.3. The number of rotatable bonds is 6. The van der Waals surface area contributed by atoms with E-state index in [0.717, 1.165) is 5.56 Å². The summed E-state index contributed by atoms with van der Waals surface area (Å²) in [7, 11) is 0. The largest absolute Gasteiger partial charge is 0.378 e. The van der Waals surface area contributed by atoms with E-state index in [9.17, 15) is 14.7 Å². The monoisotopic (exact) mass is 346 g/mol. The van der Waals surface area contributed by atoms with Gasteiger partial charge >= 0.3 is 0 Å². The number of nitrogens with one attached hydrogen (secondary N) is 2. The Hall–Kier alpha value is -2.37. The molecule has 0 bridgehead atoms. The second-order valence-electron chi connectivity index (χ2n) is 5.31. The first kappa shape index (κ1) is 18.0. The van der Waals surface area contributed by atoms with Gasteiger partial charge in [0.15, 0.2) is 6.10 Å². The van der Waals surface area contributed by atoms with Gasteiger partial charge in [0.25, 0.3) is 5.91 Å². The number of hydrogen-bond acceptors (Lipinski definition) is 3. The second kappa shape index (κ2) is 8.47. The van der Waals surface area contributed by atoms with Crippen molar-refractivity contribution >= 4 is 29.1 Å². The van der Waals surface area contributed by atoms with Crippen LogP contribution in [0.4, 0.5) is 5.69 Å². The molecule has 3 N–H and O–H groups in total. The highest BCUT2D eigenvalue weighted by atomic mass is 35.5. The van der Waals surface area contributed by atoms with E-state index >= 15 is 0 Å². The summed E-state index contributed by atoms with van der Waals surface area (Å²) in [5.74, 6) is -0.775. The van der Waals surface area contributed by atoms with E-state index in [1.54, 1.807) is 48.5 Å². The molecule has 0 aromatic heterocycles. The number of amides is 2. The first-order valence-electron chi connectivity index (χ1n) is 7.54. The molecule has 1 unspecified atom stereocenters. The van der Waals surface area contributed by atoms with Crippen LogP contribution in [0.5, 0.6) is 0 Å². The average molecular weight is 347 g/mol. The molecule has 6 heteroatoms. The predicted octanol–water partition coefficient (Wildman–Crippen LogP) is 2.83. The molecule has 2 aromatic rings. The molecule has 2 rings (SSSR count). The molecule has 126 valence electrons. The zero-order chi connectivity index (χ0) is 17.5. The van der Waals surface area contributed by atoms with Crippen LogP contribution < -0.4 is 10.6 Å². The molecule has 0 aliphatic rings. The molecule has 0 saturated carbocycles. The lowest BCUT2D eigenvalue weighted by atomic mass is 10.1. The van der Waals surface area contributed by atoms with Crippen molar-refractivity contribution in [3.8, 4) is 0 Å². The summed E-state index contributed by atoms with van der Waals surface area (Å²) >= 11 is 6.00. The van der Waals surface area contributed by atoms with Crippen molar-refractivity contribution < 1.29 is 14.7 Å². The minimum Gasteiger partial charge on any atom is -0.378 e. The van der Waals surface area contributed by atoms with Gasteiger partial charge < -0.3 is 15.7 Å². The quantitative estimate of drug-likeness (QED) is 0.752. The SMILES string of the molecule is Cc1c(Cl)cccc1NC(=O)CCNC(=O)C(O)c1ccccc1. The van der Waals surface area contributed by atoms with Crippen LogP contribution in [-0.2, 0) is 9.59 Å². The van der Waals surface area contributed by atoms with E-state index in [1.807, 2.05) is 6.92 Å². The van der Waals surface area contributed by atoms with Gasteiger partial charge in [-0.05, 0) is 30.2 Å². The summed E-state index contributed by atoms with van der Waals surface area (Å²) in [5, 5.41) is 15.8. The third-order valence-corrected chi connectivity index (χ3v) is 3.97. The van der Waals surface area contributed by atoms with Gasteiger partial charge in [-0.25, -0.2) is 0 Å². The highest BCUT2D eigenvalue weighted by Gasteiger charge is 2.16. The smallest absolute Gasteiger partial charge is 0.253 e. The first-order chi connectivity index (χ1) is 11.5. The summed E-state index contributed by atoms with van der Waals surface area (Å²) in [6.07, 6.45) is -1.15. The van der Waals surface area contributed by atoms with Gasteiger partial charge in [-0.3, -0.25) is 9.59 Å². The van der Waals surface area contributed by atoms with Gasteiger partial charge in [-0.1, -0.05) is 48.0 Å². The summed E-state index contributed by atoms with van der Waals surface area (Å²) < 4.78 is 0. The van der Waals surface area contributed by atoms with Crippen molar-refractivity contribution in [3.63, 3.8) is 0 Å². The third-order valence-electron chi connectivity index (χ3n) is 3.56. The Kier molecular flexibility index (Phi) is 6.35. The number of hydrogen-bond donors (Lipinski definition) is 3. The second-order valence-corrected chi connectivity index (χ2v) is 5.72. The lowest BCUT2D eigenvalue weighted by Gasteiger charge is -2.12. The molecule has 0 aliphatic carbocycles.